The third-order valence-corrected chi connectivity index (χ3v) is 6.03. The predicted molar refractivity (Wildman–Crippen MR) is 127 cm³/mol. The molecule has 3 aromatic rings. The second-order valence-corrected chi connectivity index (χ2v) is 8.27. The molecule has 6 nitrogen and oxygen atoms in total. The second-order valence-electron chi connectivity index (χ2n) is 8.27. The van der Waals surface area contributed by atoms with E-state index in [9.17, 15) is 9.18 Å². The number of rotatable bonds is 4. The van der Waals surface area contributed by atoms with Gasteiger partial charge in [0, 0.05) is 49.5 Å². The van der Waals surface area contributed by atoms with Crippen LogP contribution in [0.5, 0.6) is 5.75 Å². The van der Waals surface area contributed by atoms with Gasteiger partial charge in [0.05, 0.1) is 11.2 Å². The number of aromatic nitrogens is 1. The molecule has 0 bridgehead atoms. The number of nitrogens with one attached hydrogen (secondary N) is 1. The summed E-state index contributed by atoms with van der Waals surface area (Å²) < 4.78 is 34.5. The number of carbonyl (C=O) groups excluding carboxylic acids is 1. The van der Waals surface area contributed by atoms with E-state index in [4.69, 9.17) is 4.74 Å². The first-order valence-corrected chi connectivity index (χ1v) is 10.7. The molecule has 5 rings (SSSR count). The molecule has 2 aliphatic rings. The molecular weight excluding hydrogens is 450 g/mol. The van der Waals surface area contributed by atoms with Crippen molar-refractivity contribution in [1.82, 2.24) is 9.88 Å². The van der Waals surface area contributed by atoms with E-state index < -0.39 is 12.0 Å². The summed E-state index contributed by atoms with van der Waals surface area (Å²) in [6.07, 6.45) is -1.37. The van der Waals surface area contributed by atoms with Crippen molar-refractivity contribution in [3.8, 4) is 5.75 Å². The van der Waals surface area contributed by atoms with Crippen molar-refractivity contribution in [2.75, 3.05) is 49.5 Å². The highest BCUT2D eigenvalue weighted by Crippen LogP contribution is 2.35. The Morgan fingerprint density at radius 3 is 2.73 bits per heavy atom. The summed E-state index contributed by atoms with van der Waals surface area (Å²) in [4.78, 5) is 20.5. The van der Waals surface area contributed by atoms with Crippen LogP contribution in [0.1, 0.15) is 17.4 Å². The summed E-state index contributed by atoms with van der Waals surface area (Å²) in [5.74, 6) is -1.07. The first-order valence-electron chi connectivity index (χ1n) is 10.7. The molecule has 1 unspecified atom stereocenters. The Bertz CT molecular complexity index is 1180. The zero-order chi connectivity index (χ0) is 22.2. The minimum Gasteiger partial charge on any atom is -0.478 e. The molecule has 1 aromatic heterocycles. The normalized spacial score (nSPS) is 17.1. The monoisotopic (exact) mass is 474 g/mol. The van der Waals surface area contributed by atoms with Crippen molar-refractivity contribution in [2.45, 2.75) is 13.1 Å². The van der Waals surface area contributed by atoms with Crippen LogP contribution in [0.15, 0.2) is 42.5 Å². The Labute approximate surface area is 196 Å². The molecule has 174 valence electrons. The molecule has 3 heterocycles. The second kappa shape index (κ2) is 9.49. The van der Waals surface area contributed by atoms with Gasteiger partial charge in [-0.05, 0) is 48.9 Å². The fourth-order valence-corrected chi connectivity index (χ4v) is 4.38. The molecule has 1 atom stereocenters. The van der Waals surface area contributed by atoms with Gasteiger partial charge < -0.3 is 15.0 Å². The molecule has 1 N–H and O–H groups in total. The van der Waals surface area contributed by atoms with Crippen LogP contribution in [-0.2, 0) is 4.79 Å². The number of alkyl halides is 1. The average Bonchev–Trinajstić information content (AvgIpc) is 2.78. The van der Waals surface area contributed by atoms with E-state index in [0.29, 0.717) is 13.1 Å². The van der Waals surface area contributed by atoms with Crippen LogP contribution in [0.4, 0.5) is 20.2 Å². The van der Waals surface area contributed by atoms with Crippen molar-refractivity contribution in [1.29, 1.82) is 0 Å². The van der Waals surface area contributed by atoms with Crippen LogP contribution in [0.3, 0.4) is 0 Å². The van der Waals surface area contributed by atoms with Crippen molar-refractivity contribution in [3.05, 3.63) is 59.5 Å². The predicted octanol–water partition coefficient (Wildman–Crippen LogP) is 4.27. The van der Waals surface area contributed by atoms with Gasteiger partial charge in [0.1, 0.15) is 6.17 Å². The molecule has 0 radical (unpaired) electrons. The van der Waals surface area contributed by atoms with Crippen LogP contribution >= 0.6 is 12.4 Å². The van der Waals surface area contributed by atoms with E-state index in [2.05, 4.69) is 27.3 Å². The molecular formula is C24H25ClF2N4O2. The molecule has 1 fully saturated rings. The standard InChI is InChI=1S/C24H24F2N4O2.ClH/c1-15-5-6-17-20(27-15)3-2-4-22(17)30-9-7-29(8-10-30)13-19(26)16-11-18(25)24-21(12-16)28-23(31)14-32-24;/h2-6,11-12,19H,7-10,13-14H2,1H3,(H,28,31);1H. The summed E-state index contributed by atoms with van der Waals surface area (Å²) in [7, 11) is 0. The quantitative estimate of drug-likeness (QED) is 0.612. The molecule has 0 spiro atoms. The number of ether oxygens (including phenoxy) is 1. The Hall–Kier alpha value is -2.97. The zero-order valence-corrected chi connectivity index (χ0v) is 19.0. The lowest BCUT2D eigenvalue weighted by atomic mass is 10.1. The topological polar surface area (TPSA) is 57.7 Å². The average molecular weight is 475 g/mol. The lowest BCUT2D eigenvalue weighted by molar-refractivity contribution is -0.118. The lowest BCUT2D eigenvalue weighted by Gasteiger charge is -2.37. The van der Waals surface area contributed by atoms with Gasteiger partial charge in [-0.1, -0.05) is 6.07 Å². The van der Waals surface area contributed by atoms with Crippen LogP contribution in [0.2, 0.25) is 0 Å². The molecule has 1 saturated heterocycles. The maximum Gasteiger partial charge on any atom is 0.262 e. The largest absolute Gasteiger partial charge is 0.478 e. The number of halogens is 3. The fourth-order valence-electron chi connectivity index (χ4n) is 4.38. The maximum atomic E-state index is 15.0. The van der Waals surface area contributed by atoms with E-state index in [0.717, 1.165) is 41.4 Å². The lowest BCUT2D eigenvalue weighted by Crippen LogP contribution is -2.47. The smallest absolute Gasteiger partial charge is 0.262 e. The van der Waals surface area contributed by atoms with Crippen molar-refractivity contribution in [3.63, 3.8) is 0 Å². The highest BCUT2D eigenvalue weighted by atomic mass is 35.5. The van der Waals surface area contributed by atoms with E-state index in [-0.39, 0.29) is 48.5 Å². The number of hydrogen-bond acceptors (Lipinski definition) is 5. The SMILES string of the molecule is Cc1ccc2c(N3CCN(CC(F)c4cc(F)c5c(c4)NC(=O)CO5)CC3)cccc2n1.Cl. The van der Waals surface area contributed by atoms with Gasteiger partial charge in [-0.2, -0.15) is 0 Å². The van der Waals surface area contributed by atoms with Crippen LogP contribution in [-0.4, -0.2) is 55.1 Å². The third kappa shape index (κ3) is 4.72. The first kappa shape index (κ1) is 23.2. The maximum absolute atomic E-state index is 15.0. The number of fused-ring (bicyclic) bond motifs is 2. The van der Waals surface area contributed by atoms with Gasteiger partial charge in [0.2, 0.25) is 0 Å². The van der Waals surface area contributed by atoms with Gasteiger partial charge in [0.25, 0.3) is 5.91 Å². The number of aryl methyl sites for hydroxylation is 1. The summed E-state index contributed by atoms with van der Waals surface area (Å²) in [6, 6.07) is 12.9. The molecule has 33 heavy (non-hydrogen) atoms. The minimum absolute atomic E-state index is 0. The summed E-state index contributed by atoms with van der Waals surface area (Å²) >= 11 is 0. The van der Waals surface area contributed by atoms with Crippen molar-refractivity contribution >= 4 is 40.6 Å². The zero-order valence-electron chi connectivity index (χ0n) is 18.2. The first-order chi connectivity index (χ1) is 15.5. The highest BCUT2D eigenvalue weighted by molar-refractivity contribution is 5.95. The molecule has 2 aliphatic heterocycles. The Morgan fingerprint density at radius 1 is 1.15 bits per heavy atom. The minimum atomic E-state index is -1.37. The fraction of sp³-hybridized carbons (Fsp3) is 0.333. The van der Waals surface area contributed by atoms with Gasteiger partial charge >= 0.3 is 0 Å². The Balaban J connectivity index is 0.00000259. The molecule has 1 amide bonds. The highest BCUT2D eigenvalue weighted by Gasteiger charge is 2.26. The Morgan fingerprint density at radius 2 is 1.94 bits per heavy atom. The number of piperazine rings is 1. The van der Waals surface area contributed by atoms with E-state index in [1.807, 2.05) is 30.0 Å². The summed E-state index contributed by atoms with van der Waals surface area (Å²) in [5, 5.41) is 3.66. The number of nitrogens with zero attached hydrogens (tertiary/aromatic N) is 3. The number of carbonyl (C=O) groups is 1. The number of hydrogen-bond donors (Lipinski definition) is 1. The summed E-state index contributed by atoms with van der Waals surface area (Å²) in [5.41, 5.74) is 3.48. The van der Waals surface area contributed by atoms with Crippen molar-refractivity contribution in [2.24, 2.45) is 0 Å². The Kier molecular flexibility index (Phi) is 6.67. The summed E-state index contributed by atoms with van der Waals surface area (Å²) in [6.45, 7) is 4.83. The molecule has 0 aliphatic carbocycles. The third-order valence-electron chi connectivity index (χ3n) is 6.03. The number of anilines is 2. The van der Waals surface area contributed by atoms with Gasteiger partial charge in [-0.3, -0.25) is 14.7 Å². The van der Waals surface area contributed by atoms with Gasteiger partial charge in [-0.25, -0.2) is 8.78 Å². The van der Waals surface area contributed by atoms with Gasteiger partial charge in [-0.15, -0.1) is 12.4 Å². The van der Waals surface area contributed by atoms with Crippen LogP contribution < -0.4 is 15.0 Å². The molecule has 2 aromatic carbocycles. The number of benzene rings is 2. The number of pyridine rings is 1. The van der Waals surface area contributed by atoms with Crippen molar-refractivity contribution < 1.29 is 18.3 Å². The van der Waals surface area contributed by atoms with E-state index >= 15 is 4.39 Å². The van der Waals surface area contributed by atoms with Crippen LogP contribution in [0.25, 0.3) is 10.9 Å². The van der Waals surface area contributed by atoms with Gasteiger partial charge in [0.15, 0.2) is 18.2 Å². The number of amides is 1. The van der Waals surface area contributed by atoms with E-state index in [1.165, 1.54) is 6.07 Å². The molecule has 9 heteroatoms. The van der Waals surface area contributed by atoms with E-state index in [1.54, 1.807) is 0 Å². The molecule has 0 saturated carbocycles. The van der Waals surface area contributed by atoms with Crippen LogP contribution in [0, 0.1) is 12.7 Å².